The molecule has 0 spiro atoms. The fraction of sp³-hybridized carbons (Fsp3) is 0.538. The van der Waals surface area contributed by atoms with Crippen LogP contribution in [0.2, 0.25) is 0 Å². The summed E-state index contributed by atoms with van der Waals surface area (Å²) in [5.74, 6) is -0.400. The SMILES string of the molecule is CCOC(=O)CNC(=O)N(Cc1cccs1)C1CC1. The number of thiophene rings is 1. The summed E-state index contributed by atoms with van der Waals surface area (Å²) in [6.07, 6.45) is 2.08. The zero-order valence-electron chi connectivity index (χ0n) is 10.9. The van der Waals surface area contributed by atoms with Crippen molar-refractivity contribution in [2.45, 2.75) is 32.4 Å². The maximum atomic E-state index is 12.1. The van der Waals surface area contributed by atoms with E-state index in [0.29, 0.717) is 19.2 Å². The molecule has 2 amide bonds. The average Bonchev–Trinajstić information content (AvgIpc) is 3.10. The zero-order chi connectivity index (χ0) is 13.7. The first-order chi connectivity index (χ1) is 9.20. The first-order valence-electron chi connectivity index (χ1n) is 6.43. The first kappa shape index (κ1) is 13.9. The Morgan fingerprint density at radius 2 is 2.32 bits per heavy atom. The largest absolute Gasteiger partial charge is 0.465 e. The molecule has 1 fully saturated rings. The highest BCUT2D eigenvalue weighted by Gasteiger charge is 2.32. The molecular weight excluding hydrogens is 264 g/mol. The number of nitrogens with one attached hydrogen (secondary N) is 1. The minimum atomic E-state index is -0.400. The number of rotatable bonds is 6. The molecule has 2 rings (SSSR count). The van der Waals surface area contributed by atoms with Gasteiger partial charge in [0, 0.05) is 10.9 Å². The standard InChI is InChI=1S/C13H18N2O3S/c1-2-18-12(16)8-14-13(17)15(10-5-6-10)9-11-4-3-7-19-11/h3-4,7,10H,2,5-6,8-9H2,1H3,(H,14,17). The lowest BCUT2D eigenvalue weighted by Gasteiger charge is -2.21. The predicted octanol–water partition coefficient (Wildman–Crippen LogP) is 1.99. The Hall–Kier alpha value is -1.56. The van der Waals surface area contributed by atoms with Crippen molar-refractivity contribution in [1.29, 1.82) is 0 Å². The summed E-state index contributed by atoms with van der Waals surface area (Å²) >= 11 is 1.63. The number of nitrogens with zero attached hydrogens (tertiary/aromatic N) is 1. The van der Waals surface area contributed by atoms with Gasteiger partial charge in [0.05, 0.1) is 13.2 Å². The van der Waals surface area contributed by atoms with E-state index in [0.717, 1.165) is 17.7 Å². The molecule has 19 heavy (non-hydrogen) atoms. The van der Waals surface area contributed by atoms with Gasteiger partial charge in [-0.05, 0) is 31.2 Å². The minimum absolute atomic E-state index is 0.0691. The summed E-state index contributed by atoms with van der Waals surface area (Å²) in [5.41, 5.74) is 0. The van der Waals surface area contributed by atoms with Gasteiger partial charge in [0.25, 0.3) is 0 Å². The van der Waals surface area contributed by atoms with E-state index in [1.807, 2.05) is 17.5 Å². The van der Waals surface area contributed by atoms with E-state index in [4.69, 9.17) is 4.74 Å². The van der Waals surface area contributed by atoms with Crippen molar-refractivity contribution >= 4 is 23.3 Å². The third-order valence-corrected chi connectivity index (χ3v) is 3.71. The number of hydrogen-bond acceptors (Lipinski definition) is 4. The Labute approximate surface area is 116 Å². The summed E-state index contributed by atoms with van der Waals surface area (Å²) in [6, 6.07) is 4.11. The molecule has 0 aliphatic heterocycles. The molecule has 0 saturated heterocycles. The van der Waals surface area contributed by atoms with Crippen molar-refractivity contribution in [2.24, 2.45) is 0 Å². The average molecular weight is 282 g/mol. The van der Waals surface area contributed by atoms with E-state index in [2.05, 4.69) is 5.32 Å². The Balaban J connectivity index is 1.84. The molecule has 6 heteroatoms. The maximum Gasteiger partial charge on any atom is 0.325 e. The van der Waals surface area contributed by atoms with Crippen LogP contribution in [0.15, 0.2) is 17.5 Å². The van der Waals surface area contributed by atoms with E-state index >= 15 is 0 Å². The van der Waals surface area contributed by atoms with Gasteiger partial charge in [0.15, 0.2) is 0 Å². The lowest BCUT2D eigenvalue weighted by molar-refractivity contribution is -0.141. The second-order valence-corrected chi connectivity index (χ2v) is 5.43. The molecule has 1 aromatic rings. The quantitative estimate of drug-likeness (QED) is 0.812. The Kier molecular flexibility index (Phi) is 4.79. The van der Waals surface area contributed by atoms with Crippen molar-refractivity contribution in [3.63, 3.8) is 0 Å². The fourth-order valence-electron chi connectivity index (χ4n) is 1.78. The van der Waals surface area contributed by atoms with Gasteiger partial charge >= 0.3 is 12.0 Å². The van der Waals surface area contributed by atoms with E-state index in [9.17, 15) is 9.59 Å². The molecule has 1 aliphatic carbocycles. The van der Waals surface area contributed by atoms with Gasteiger partial charge < -0.3 is 15.0 Å². The minimum Gasteiger partial charge on any atom is -0.465 e. The van der Waals surface area contributed by atoms with Gasteiger partial charge in [-0.2, -0.15) is 0 Å². The molecule has 1 aromatic heterocycles. The van der Waals surface area contributed by atoms with Gasteiger partial charge in [-0.25, -0.2) is 4.79 Å². The zero-order valence-corrected chi connectivity index (χ0v) is 11.7. The number of urea groups is 1. The van der Waals surface area contributed by atoms with Gasteiger partial charge in [-0.1, -0.05) is 6.07 Å². The van der Waals surface area contributed by atoms with Crippen molar-refractivity contribution in [2.75, 3.05) is 13.2 Å². The molecule has 104 valence electrons. The third kappa shape index (κ3) is 4.24. The van der Waals surface area contributed by atoms with E-state index in [1.165, 1.54) is 0 Å². The number of carbonyl (C=O) groups is 2. The van der Waals surface area contributed by atoms with Crippen LogP contribution >= 0.6 is 11.3 Å². The van der Waals surface area contributed by atoms with Gasteiger partial charge in [0.2, 0.25) is 0 Å². The smallest absolute Gasteiger partial charge is 0.325 e. The predicted molar refractivity (Wildman–Crippen MR) is 72.9 cm³/mol. The van der Waals surface area contributed by atoms with Gasteiger partial charge in [0.1, 0.15) is 6.54 Å². The molecule has 0 aromatic carbocycles. The highest BCUT2D eigenvalue weighted by molar-refractivity contribution is 7.09. The highest BCUT2D eigenvalue weighted by Crippen LogP contribution is 2.29. The van der Waals surface area contributed by atoms with E-state index in [1.54, 1.807) is 23.2 Å². The van der Waals surface area contributed by atoms with Crippen LogP contribution in [-0.2, 0) is 16.1 Å². The lowest BCUT2D eigenvalue weighted by Crippen LogP contribution is -2.43. The molecular formula is C13H18N2O3S. The summed E-state index contributed by atoms with van der Waals surface area (Å²) < 4.78 is 4.78. The van der Waals surface area contributed by atoms with Crippen LogP contribution in [0.3, 0.4) is 0 Å². The second-order valence-electron chi connectivity index (χ2n) is 4.40. The molecule has 1 heterocycles. The Morgan fingerprint density at radius 1 is 1.53 bits per heavy atom. The number of ether oxygens (including phenoxy) is 1. The molecule has 0 atom stereocenters. The van der Waals surface area contributed by atoms with Crippen LogP contribution < -0.4 is 5.32 Å². The first-order valence-corrected chi connectivity index (χ1v) is 7.31. The molecule has 0 unspecified atom stereocenters. The monoisotopic (exact) mass is 282 g/mol. The molecule has 5 nitrogen and oxygen atoms in total. The number of esters is 1. The third-order valence-electron chi connectivity index (χ3n) is 2.84. The fourth-order valence-corrected chi connectivity index (χ4v) is 2.49. The molecule has 0 radical (unpaired) electrons. The van der Waals surface area contributed by atoms with Gasteiger partial charge in [-0.15, -0.1) is 11.3 Å². The van der Waals surface area contributed by atoms with Crippen LogP contribution in [-0.4, -0.2) is 36.1 Å². The Bertz CT molecular complexity index is 429. The van der Waals surface area contributed by atoms with E-state index in [-0.39, 0.29) is 12.6 Å². The van der Waals surface area contributed by atoms with Crippen LogP contribution in [0.1, 0.15) is 24.6 Å². The molecule has 1 N–H and O–H groups in total. The normalized spacial score (nSPS) is 13.9. The number of hydrogen-bond donors (Lipinski definition) is 1. The van der Waals surface area contributed by atoms with Crippen LogP contribution in [0, 0.1) is 0 Å². The van der Waals surface area contributed by atoms with Crippen molar-refractivity contribution in [3.8, 4) is 0 Å². The van der Waals surface area contributed by atoms with Crippen molar-refractivity contribution in [1.82, 2.24) is 10.2 Å². The molecule has 1 aliphatic rings. The number of carbonyl (C=O) groups excluding carboxylic acids is 2. The topological polar surface area (TPSA) is 58.6 Å². The lowest BCUT2D eigenvalue weighted by atomic mass is 10.4. The molecule has 0 bridgehead atoms. The van der Waals surface area contributed by atoms with Gasteiger partial charge in [-0.3, -0.25) is 4.79 Å². The summed E-state index contributed by atoms with van der Waals surface area (Å²) in [6.45, 7) is 2.61. The summed E-state index contributed by atoms with van der Waals surface area (Å²) in [7, 11) is 0. The van der Waals surface area contributed by atoms with Crippen LogP contribution in [0.4, 0.5) is 4.79 Å². The van der Waals surface area contributed by atoms with Crippen LogP contribution in [0.25, 0.3) is 0 Å². The maximum absolute atomic E-state index is 12.1. The summed E-state index contributed by atoms with van der Waals surface area (Å²) in [5, 5.41) is 4.62. The van der Waals surface area contributed by atoms with Crippen molar-refractivity contribution in [3.05, 3.63) is 22.4 Å². The summed E-state index contributed by atoms with van der Waals surface area (Å²) in [4.78, 5) is 26.2. The van der Waals surface area contributed by atoms with Crippen LogP contribution in [0.5, 0.6) is 0 Å². The Morgan fingerprint density at radius 3 is 2.89 bits per heavy atom. The highest BCUT2D eigenvalue weighted by atomic mass is 32.1. The van der Waals surface area contributed by atoms with Crippen molar-refractivity contribution < 1.29 is 14.3 Å². The second kappa shape index (κ2) is 6.56. The molecule has 1 saturated carbocycles. The number of amides is 2. The van der Waals surface area contributed by atoms with E-state index < -0.39 is 5.97 Å².